The first-order chi connectivity index (χ1) is 32.2. The van der Waals surface area contributed by atoms with Crippen molar-refractivity contribution >= 4 is 65.3 Å². The van der Waals surface area contributed by atoms with Gasteiger partial charge in [0.25, 0.3) is 25.8 Å². The number of anilines is 2. The molecule has 1 saturated heterocycles. The van der Waals surface area contributed by atoms with Crippen molar-refractivity contribution in [3.05, 3.63) is 107 Å². The van der Waals surface area contributed by atoms with E-state index in [1.54, 1.807) is 42.4 Å². The van der Waals surface area contributed by atoms with Crippen LogP contribution in [0.3, 0.4) is 0 Å². The van der Waals surface area contributed by atoms with Crippen LogP contribution in [-0.4, -0.2) is 119 Å². The minimum Gasteiger partial charge on any atom is -0.455 e. The van der Waals surface area contributed by atoms with Crippen LogP contribution in [-0.2, 0) is 19.9 Å². The number of rotatable bonds is 18. The van der Waals surface area contributed by atoms with Crippen molar-refractivity contribution in [1.82, 2.24) is 24.5 Å². The number of nitrogens with one attached hydrogen (secondary N) is 3. The summed E-state index contributed by atoms with van der Waals surface area (Å²) in [4.78, 5) is 25.5. The maximum atomic E-state index is 14.0. The molecule has 3 heterocycles. The Kier molecular flexibility index (Phi) is 15.5. The lowest BCUT2D eigenvalue weighted by Gasteiger charge is -2.42. The Bertz CT molecular complexity index is 2870. The smallest absolute Gasteiger partial charge is 0.455 e. The van der Waals surface area contributed by atoms with E-state index in [4.69, 9.17) is 21.4 Å². The van der Waals surface area contributed by atoms with E-state index in [-0.39, 0.29) is 35.6 Å². The monoisotopic (exact) mass is 999 g/mol. The fraction of sp³-hybridized carbons (Fsp3) is 0.417. The minimum absolute atomic E-state index is 0.0215. The molecule has 1 amide bonds. The average Bonchev–Trinajstić information content (AvgIpc) is 3.76. The molecule has 3 aromatic carbocycles. The standard InChI is InChI=1S/C48H57ClF3N7O7S2/c1-32(2)47(3)16-14-40(33-6-8-36(49)9-7-33)35(29-47)31-58-20-22-59(23-21-58)37-10-12-41(43(27-37)66-38-26-34-15-18-54-45(34)55-30-38)46(61)56-68(64,65)39-11-13-42(53-17-5-19-57(4)24-25-60)44(28-39)67(62,63)48(50,51)52/h6-13,15,18,26-28,30,32,53,60H,5,14,16-17,19-25,29,31H2,1-4H3,(H,54,55)(H,56,61)/t47-/m1/s1. The van der Waals surface area contributed by atoms with Gasteiger partial charge in [0.1, 0.15) is 22.0 Å². The minimum atomic E-state index is -6.06. The van der Waals surface area contributed by atoms with Gasteiger partial charge in [-0.05, 0) is 116 Å². The normalized spacial score (nSPS) is 17.6. The number of aliphatic hydroxyl groups excluding tert-OH is 1. The van der Waals surface area contributed by atoms with E-state index < -0.39 is 46.8 Å². The molecule has 5 aromatic rings. The zero-order chi connectivity index (χ0) is 49.0. The molecular weight excluding hydrogens is 943 g/mol. The van der Waals surface area contributed by atoms with Crippen molar-refractivity contribution in [2.24, 2.45) is 11.3 Å². The summed E-state index contributed by atoms with van der Waals surface area (Å²) in [6.45, 7) is 11.2. The summed E-state index contributed by atoms with van der Waals surface area (Å²) in [6.07, 6.45) is 6.58. The number of sulfonamides is 1. The summed E-state index contributed by atoms with van der Waals surface area (Å²) in [7, 11) is -9.31. The van der Waals surface area contributed by atoms with E-state index in [1.165, 1.54) is 29.0 Å². The first-order valence-electron chi connectivity index (χ1n) is 22.4. The van der Waals surface area contributed by atoms with Crippen LogP contribution in [0.15, 0.2) is 101 Å². The number of likely N-dealkylation sites (N-methyl/N-ethyl adjacent to an activating group) is 1. The number of H-pyrrole nitrogens is 1. The Labute approximate surface area is 400 Å². The number of aromatic nitrogens is 2. The van der Waals surface area contributed by atoms with Gasteiger partial charge in [-0.3, -0.25) is 9.69 Å². The Balaban J connectivity index is 1.12. The van der Waals surface area contributed by atoms with Crippen LogP contribution >= 0.6 is 11.6 Å². The van der Waals surface area contributed by atoms with Crippen LogP contribution in [0.5, 0.6) is 11.5 Å². The number of aliphatic hydroxyl groups is 1. The van der Waals surface area contributed by atoms with Crippen LogP contribution in [0.4, 0.5) is 24.5 Å². The average molecular weight is 1000 g/mol. The molecule has 68 heavy (non-hydrogen) atoms. The fourth-order valence-electron chi connectivity index (χ4n) is 8.68. The lowest BCUT2D eigenvalue weighted by molar-refractivity contribution is -0.0435. The third-order valence-electron chi connectivity index (χ3n) is 13.1. The van der Waals surface area contributed by atoms with Gasteiger partial charge in [0.15, 0.2) is 0 Å². The van der Waals surface area contributed by atoms with E-state index in [1.807, 2.05) is 16.9 Å². The number of allylic oxidation sites excluding steroid dienone is 1. The number of ether oxygens (including phenoxy) is 1. The molecule has 7 rings (SSSR count). The summed E-state index contributed by atoms with van der Waals surface area (Å²) < 4.78 is 103. The van der Waals surface area contributed by atoms with Crippen LogP contribution in [0.25, 0.3) is 16.6 Å². The number of hydrogen-bond donors (Lipinski definition) is 4. The molecule has 1 aliphatic carbocycles. The summed E-state index contributed by atoms with van der Waals surface area (Å²) in [6, 6.07) is 18.5. The SMILES string of the molecule is CC(C)[C@]1(C)CCC(c2ccc(Cl)cc2)=C(CN2CCN(c3ccc(C(=O)NS(=O)(=O)c4ccc(NCCCN(C)CCO)c(S(=O)(=O)C(F)(F)F)c4)c(Oc4cnc5[nH]ccc5c4)c3)CC2)C1. The molecular formula is C48H57ClF3N7O7S2. The number of halogens is 4. The number of carbonyl (C=O) groups is 1. The van der Waals surface area contributed by atoms with Crippen molar-refractivity contribution in [3.8, 4) is 11.5 Å². The Morgan fingerprint density at radius 1 is 1.00 bits per heavy atom. The number of sulfone groups is 1. The number of benzene rings is 3. The number of pyridine rings is 1. The molecule has 0 saturated carbocycles. The number of carbonyl (C=O) groups excluding carboxylic acids is 1. The highest BCUT2D eigenvalue weighted by atomic mass is 35.5. The second-order valence-electron chi connectivity index (χ2n) is 18.1. The van der Waals surface area contributed by atoms with E-state index in [9.17, 15) is 34.8 Å². The fourth-order valence-corrected chi connectivity index (χ4v) is 10.8. The van der Waals surface area contributed by atoms with E-state index in [0.717, 1.165) is 51.0 Å². The van der Waals surface area contributed by atoms with Gasteiger partial charge in [-0.2, -0.15) is 13.2 Å². The second-order valence-corrected chi connectivity index (χ2v) is 22.1. The molecule has 1 aliphatic heterocycles. The van der Waals surface area contributed by atoms with Crippen molar-refractivity contribution in [3.63, 3.8) is 0 Å². The highest BCUT2D eigenvalue weighted by Crippen LogP contribution is 2.47. The number of fused-ring (bicyclic) bond motifs is 1. The highest BCUT2D eigenvalue weighted by molar-refractivity contribution is 7.92. The van der Waals surface area contributed by atoms with Crippen molar-refractivity contribution in [1.29, 1.82) is 0 Å². The topological polar surface area (TPSA) is 177 Å². The third-order valence-corrected chi connectivity index (χ3v) is 16.2. The molecule has 0 unspecified atom stereocenters. The second kappa shape index (κ2) is 20.8. The van der Waals surface area contributed by atoms with E-state index in [2.05, 4.69) is 58.0 Å². The highest BCUT2D eigenvalue weighted by Gasteiger charge is 2.48. The first-order valence-corrected chi connectivity index (χ1v) is 25.8. The zero-order valence-corrected chi connectivity index (χ0v) is 40.8. The molecule has 366 valence electrons. The van der Waals surface area contributed by atoms with Crippen molar-refractivity contribution < 1.29 is 44.6 Å². The Morgan fingerprint density at radius 2 is 1.74 bits per heavy atom. The van der Waals surface area contributed by atoms with Gasteiger partial charge in [-0.25, -0.2) is 26.5 Å². The number of hydrogen-bond acceptors (Lipinski definition) is 12. The lowest BCUT2D eigenvalue weighted by Crippen LogP contribution is -2.47. The summed E-state index contributed by atoms with van der Waals surface area (Å²) >= 11 is 6.26. The number of aromatic amines is 1. The maximum Gasteiger partial charge on any atom is 0.501 e. The molecule has 1 fully saturated rings. The number of piperazine rings is 1. The van der Waals surface area contributed by atoms with Gasteiger partial charge in [0.05, 0.1) is 29.0 Å². The summed E-state index contributed by atoms with van der Waals surface area (Å²) in [5, 5.41) is 13.2. The summed E-state index contributed by atoms with van der Waals surface area (Å²) in [5.41, 5.74) is -0.993. The van der Waals surface area contributed by atoms with Gasteiger partial charge in [-0.15, -0.1) is 0 Å². The van der Waals surface area contributed by atoms with Gasteiger partial charge < -0.3 is 29.9 Å². The molecule has 0 spiro atoms. The zero-order valence-electron chi connectivity index (χ0n) is 38.4. The maximum absolute atomic E-state index is 14.0. The largest absolute Gasteiger partial charge is 0.501 e. The van der Waals surface area contributed by atoms with E-state index in [0.29, 0.717) is 66.3 Å². The molecule has 2 aromatic heterocycles. The Morgan fingerprint density at radius 3 is 2.43 bits per heavy atom. The molecule has 0 bridgehead atoms. The van der Waals surface area contributed by atoms with Crippen LogP contribution < -0.4 is 19.7 Å². The number of alkyl halides is 3. The van der Waals surface area contributed by atoms with Crippen LogP contribution in [0.1, 0.15) is 62.4 Å². The molecule has 1 atom stereocenters. The number of nitrogens with zero attached hydrogens (tertiary/aromatic N) is 4. The van der Waals surface area contributed by atoms with Crippen molar-refractivity contribution in [2.45, 2.75) is 61.8 Å². The molecule has 20 heteroatoms. The van der Waals surface area contributed by atoms with Gasteiger partial charge in [0.2, 0.25) is 0 Å². The van der Waals surface area contributed by atoms with Gasteiger partial charge in [0, 0.05) is 74.2 Å². The van der Waals surface area contributed by atoms with E-state index >= 15 is 0 Å². The van der Waals surface area contributed by atoms with Crippen molar-refractivity contribution in [2.75, 3.05) is 76.2 Å². The Hall–Kier alpha value is -5.18. The predicted octanol–water partition coefficient (Wildman–Crippen LogP) is 8.57. The van der Waals surface area contributed by atoms with Crippen LogP contribution in [0, 0.1) is 11.3 Å². The summed E-state index contributed by atoms with van der Waals surface area (Å²) in [5.74, 6) is -0.440. The first kappa shape index (κ1) is 50.7. The molecule has 4 N–H and O–H groups in total. The molecule has 14 nitrogen and oxygen atoms in total. The van der Waals surface area contributed by atoms with Crippen LogP contribution in [0.2, 0.25) is 5.02 Å². The van der Waals surface area contributed by atoms with Gasteiger partial charge >= 0.3 is 5.51 Å². The molecule has 2 aliphatic rings. The van der Waals surface area contributed by atoms with Gasteiger partial charge in [-0.1, -0.05) is 50.1 Å². The molecule has 0 radical (unpaired) electrons. The quantitative estimate of drug-likeness (QED) is 0.0617. The number of amides is 1. The lowest BCUT2D eigenvalue weighted by atomic mass is 9.66. The predicted molar refractivity (Wildman–Crippen MR) is 258 cm³/mol. The third kappa shape index (κ3) is 11.6.